The fourth-order valence-corrected chi connectivity index (χ4v) is 4.95. The standard InChI is InChI=1S/C19H24BrN5O7/c20-13-9(15(22)28)10-14(21)24-19(30)25(16(10)23-13)17-12(27)11(26)8(32-17)6-31-18(29)7-4-2-1-3-5-7/h7-8,11-12,17,23,26-27H,1-6H2,(H2,22,28)(H2,21,24,30)/t8-,11-,12+,17-/m0/s1. The third kappa shape index (κ3) is 3.89. The summed E-state index contributed by atoms with van der Waals surface area (Å²) in [4.78, 5) is 43.3. The number of nitrogen functional groups attached to an aromatic ring is 1. The van der Waals surface area contributed by atoms with Crippen LogP contribution >= 0.6 is 15.9 Å². The van der Waals surface area contributed by atoms with E-state index in [9.17, 15) is 24.6 Å². The van der Waals surface area contributed by atoms with Gasteiger partial charge in [-0.25, -0.2) is 9.36 Å². The van der Waals surface area contributed by atoms with Crippen LogP contribution in [0.15, 0.2) is 9.40 Å². The first kappa shape index (κ1) is 22.7. The van der Waals surface area contributed by atoms with Gasteiger partial charge in [0.25, 0.3) is 5.91 Å². The molecule has 12 nitrogen and oxygen atoms in total. The van der Waals surface area contributed by atoms with Crippen LogP contribution < -0.4 is 17.2 Å². The van der Waals surface area contributed by atoms with Crippen LogP contribution in [0.3, 0.4) is 0 Å². The predicted molar refractivity (Wildman–Crippen MR) is 114 cm³/mol. The summed E-state index contributed by atoms with van der Waals surface area (Å²) in [6.45, 7) is -0.286. The van der Waals surface area contributed by atoms with Crippen LogP contribution in [0.2, 0.25) is 0 Å². The minimum Gasteiger partial charge on any atom is -0.463 e. The summed E-state index contributed by atoms with van der Waals surface area (Å²) in [5.41, 5.74) is 10.4. The van der Waals surface area contributed by atoms with Gasteiger partial charge in [0.1, 0.15) is 36.4 Å². The van der Waals surface area contributed by atoms with Crippen molar-refractivity contribution in [2.45, 2.75) is 56.6 Å². The molecule has 2 aliphatic rings. The molecule has 1 saturated carbocycles. The normalized spacial score (nSPS) is 26.5. The third-order valence-corrected chi connectivity index (χ3v) is 6.61. The Kier molecular flexibility index (Phi) is 6.25. The number of aromatic nitrogens is 3. The molecule has 7 N–H and O–H groups in total. The quantitative estimate of drug-likeness (QED) is 0.339. The van der Waals surface area contributed by atoms with Crippen molar-refractivity contribution >= 4 is 44.7 Å². The van der Waals surface area contributed by atoms with E-state index in [-0.39, 0.29) is 45.5 Å². The summed E-state index contributed by atoms with van der Waals surface area (Å²) in [5, 5.41) is 21.1. The van der Waals surface area contributed by atoms with E-state index in [0.29, 0.717) is 0 Å². The van der Waals surface area contributed by atoms with Crippen molar-refractivity contribution in [1.82, 2.24) is 14.5 Å². The highest BCUT2D eigenvalue weighted by Gasteiger charge is 2.46. The van der Waals surface area contributed by atoms with E-state index < -0.39 is 36.1 Å². The lowest BCUT2D eigenvalue weighted by Crippen LogP contribution is -2.37. The summed E-state index contributed by atoms with van der Waals surface area (Å²) < 4.78 is 12.1. The van der Waals surface area contributed by atoms with E-state index in [4.69, 9.17) is 20.9 Å². The highest BCUT2D eigenvalue weighted by Crippen LogP contribution is 2.34. The maximum absolute atomic E-state index is 12.6. The largest absolute Gasteiger partial charge is 0.463 e. The Labute approximate surface area is 190 Å². The summed E-state index contributed by atoms with van der Waals surface area (Å²) in [6, 6.07) is 0. The Morgan fingerprint density at radius 2 is 1.94 bits per heavy atom. The molecule has 2 fully saturated rings. The molecule has 2 aromatic rings. The number of H-pyrrole nitrogens is 1. The zero-order chi connectivity index (χ0) is 23.2. The third-order valence-electron chi connectivity index (χ3n) is 6.02. The van der Waals surface area contributed by atoms with Crippen LogP contribution in [0.5, 0.6) is 0 Å². The molecule has 32 heavy (non-hydrogen) atoms. The average Bonchev–Trinajstić information content (AvgIpc) is 3.24. The van der Waals surface area contributed by atoms with E-state index in [0.717, 1.165) is 36.7 Å². The van der Waals surface area contributed by atoms with E-state index in [2.05, 4.69) is 25.9 Å². The second kappa shape index (κ2) is 8.81. The Morgan fingerprint density at radius 1 is 1.25 bits per heavy atom. The first-order valence-corrected chi connectivity index (χ1v) is 11.1. The molecule has 1 aliphatic carbocycles. The zero-order valence-corrected chi connectivity index (χ0v) is 18.6. The predicted octanol–water partition coefficient (Wildman–Crippen LogP) is -0.0891. The number of halogens is 1. The molecule has 4 rings (SSSR count). The van der Waals surface area contributed by atoms with Crippen LogP contribution in [0.25, 0.3) is 11.0 Å². The monoisotopic (exact) mass is 513 g/mol. The molecule has 174 valence electrons. The molecule has 0 aromatic carbocycles. The van der Waals surface area contributed by atoms with Crippen LogP contribution in [0.4, 0.5) is 5.82 Å². The first-order valence-electron chi connectivity index (χ1n) is 10.3. The van der Waals surface area contributed by atoms with Gasteiger partial charge in [-0.2, -0.15) is 4.98 Å². The second-order valence-electron chi connectivity index (χ2n) is 8.06. The zero-order valence-electron chi connectivity index (χ0n) is 17.0. The van der Waals surface area contributed by atoms with Crippen LogP contribution in [0, 0.1) is 5.92 Å². The lowest BCUT2D eigenvalue weighted by Gasteiger charge is -2.21. The molecule has 0 radical (unpaired) electrons. The number of primary amides is 1. The number of fused-ring (bicyclic) bond motifs is 1. The van der Waals surface area contributed by atoms with Gasteiger partial charge in [0.15, 0.2) is 6.23 Å². The van der Waals surface area contributed by atoms with Crippen LogP contribution in [-0.4, -0.2) is 61.5 Å². The number of ether oxygens (including phenoxy) is 2. The van der Waals surface area contributed by atoms with Crippen molar-refractivity contribution in [3.8, 4) is 0 Å². The summed E-state index contributed by atoms with van der Waals surface area (Å²) in [6.07, 6.45) is -0.900. The lowest BCUT2D eigenvalue weighted by molar-refractivity contribution is -0.156. The number of aliphatic hydroxyl groups is 2. The number of amides is 1. The highest BCUT2D eigenvalue weighted by molar-refractivity contribution is 9.10. The Morgan fingerprint density at radius 3 is 2.59 bits per heavy atom. The average molecular weight is 514 g/mol. The highest BCUT2D eigenvalue weighted by atomic mass is 79.9. The number of nitrogens with one attached hydrogen (secondary N) is 1. The van der Waals surface area contributed by atoms with Crippen LogP contribution in [0.1, 0.15) is 48.7 Å². The maximum Gasteiger partial charge on any atom is 0.353 e. The lowest BCUT2D eigenvalue weighted by atomic mass is 9.89. The molecular weight excluding hydrogens is 490 g/mol. The van der Waals surface area contributed by atoms with Gasteiger partial charge in [-0.3, -0.25) is 9.59 Å². The van der Waals surface area contributed by atoms with Crippen molar-refractivity contribution < 1.29 is 29.3 Å². The minimum atomic E-state index is -1.54. The van der Waals surface area contributed by atoms with Gasteiger partial charge < -0.3 is 36.1 Å². The molecule has 2 aromatic heterocycles. The van der Waals surface area contributed by atoms with E-state index in [1.165, 1.54) is 0 Å². The summed E-state index contributed by atoms with van der Waals surface area (Å²) in [7, 11) is 0. The maximum atomic E-state index is 12.6. The molecular formula is C19H24BrN5O7. The number of aliphatic hydroxyl groups excluding tert-OH is 2. The Balaban J connectivity index is 1.60. The molecule has 1 amide bonds. The van der Waals surface area contributed by atoms with E-state index in [1.54, 1.807) is 0 Å². The van der Waals surface area contributed by atoms with Gasteiger partial charge in [-0.15, -0.1) is 0 Å². The van der Waals surface area contributed by atoms with Crippen molar-refractivity contribution in [2.24, 2.45) is 11.7 Å². The fraction of sp³-hybridized carbons (Fsp3) is 0.579. The van der Waals surface area contributed by atoms with Crippen molar-refractivity contribution in [1.29, 1.82) is 0 Å². The molecule has 1 saturated heterocycles. The van der Waals surface area contributed by atoms with Gasteiger partial charge >= 0.3 is 11.7 Å². The van der Waals surface area contributed by atoms with Crippen molar-refractivity contribution in [2.75, 3.05) is 12.3 Å². The van der Waals surface area contributed by atoms with E-state index >= 15 is 0 Å². The number of nitrogens with zero attached hydrogens (tertiary/aromatic N) is 2. The van der Waals surface area contributed by atoms with E-state index in [1.807, 2.05) is 0 Å². The van der Waals surface area contributed by atoms with Crippen molar-refractivity contribution in [3.05, 3.63) is 20.7 Å². The topological polar surface area (TPSA) is 196 Å². The number of rotatable bonds is 5. The van der Waals surface area contributed by atoms with Gasteiger partial charge in [-0.1, -0.05) is 19.3 Å². The molecule has 3 heterocycles. The molecule has 4 atom stereocenters. The molecule has 0 spiro atoms. The number of hydrogen-bond acceptors (Lipinski definition) is 9. The molecule has 1 aliphatic heterocycles. The smallest absolute Gasteiger partial charge is 0.353 e. The number of hydrogen-bond donors (Lipinski definition) is 5. The SMILES string of the molecule is NC(=O)c1c(Br)[nH]c2c1c(N)nc(=O)n2[C@H]1O[C@@H](COC(=O)C2CCCCC2)[C@H](O)[C@H]1O. The number of nitrogens with two attached hydrogens (primary N) is 2. The first-order chi connectivity index (χ1) is 15.2. The number of esters is 1. The molecule has 13 heteroatoms. The fourth-order valence-electron chi connectivity index (χ4n) is 4.36. The van der Waals surface area contributed by atoms with Gasteiger partial charge in [0.2, 0.25) is 0 Å². The number of aromatic amines is 1. The number of anilines is 1. The second-order valence-corrected chi connectivity index (χ2v) is 8.86. The summed E-state index contributed by atoms with van der Waals surface area (Å²) >= 11 is 3.16. The number of carbonyl (C=O) groups is 2. The Bertz CT molecular complexity index is 1110. The number of carbonyl (C=O) groups excluding carboxylic acids is 2. The van der Waals surface area contributed by atoms with Gasteiger partial charge in [0.05, 0.1) is 21.5 Å². The summed E-state index contributed by atoms with van der Waals surface area (Å²) in [5.74, 6) is -1.60. The van der Waals surface area contributed by atoms with Crippen LogP contribution in [-0.2, 0) is 14.3 Å². The Hall–Kier alpha value is -2.48. The minimum absolute atomic E-state index is 0.0234. The van der Waals surface area contributed by atoms with Gasteiger partial charge in [-0.05, 0) is 28.8 Å². The van der Waals surface area contributed by atoms with Gasteiger partial charge in [0, 0.05) is 0 Å². The van der Waals surface area contributed by atoms with Crippen molar-refractivity contribution in [3.63, 3.8) is 0 Å². The molecule has 0 bridgehead atoms. The molecule has 0 unspecified atom stereocenters.